The first-order valence-electron chi connectivity index (χ1n) is 5.21. The Labute approximate surface area is 85.6 Å². The van der Waals surface area contributed by atoms with E-state index in [0.717, 1.165) is 13.0 Å². The SMILES string of the molecule is C[n+]1ccn(CCCCCCC#N)c1. The van der Waals surface area contributed by atoms with Crippen molar-refractivity contribution in [3.63, 3.8) is 0 Å². The maximum atomic E-state index is 8.35. The smallest absolute Gasteiger partial charge is 0.240 e. The lowest BCUT2D eigenvalue weighted by Gasteiger charge is -1.96. The summed E-state index contributed by atoms with van der Waals surface area (Å²) >= 11 is 0. The molecule has 14 heavy (non-hydrogen) atoms. The fraction of sp³-hybridized carbons (Fsp3) is 0.636. The zero-order chi connectivity index (χ0) is 10.2. The van der Waals surface area contributed by atoms with E-state index in [1.54, 1.807) is 0 Å². The lowest BCUT2D eigenvalue weighted by molar-refractivity contribution is -0.671. The van der Waals surface area contributed by atoms with E-state index < -0.39 is 0 Å². The summed E-state index contributed by atoms with van der Waals surface area (Å²) in [6.07, 6.45) is 11.6. The van der Waals surface area contributed by atoms with Gasteiger partial charge in [-0.1, -0.05) is 6.42 Å². The molecular weight excluding hydrogens is 174 g/mol. The van der Waals surface area contributed by atoms with Gasteiger partial charge in [-0.3, -0.25) is 0 Å². The molecule has 0 saturated carbocycles. The molecule has 0 fully saturated rings. The first-order valence-corrected chi connectivity index (χ1v) is 5.21. The van der Waals surface area contributed by atoms with Crippen LogP contribution in [0.3, 0.4) is 0 Å². The molecule has 0 spiro atoms. The average molecular weight is 192 g/mol. The van der Waals surface area contributed by atoms with Crippen molar-refractivity contribution in [3.05, 3.63) is 18.7 Å². The van der Waals surface area contributed by atoms with Gasteiger partial charge in [0.25, 0.3) is 0 Å². The third kappa shape index (κ3) is 4.08. The second-order valence-corrected chi connectivity index (χ2v) is 3.64. The van der Waals surface area contributed by atoms with Crippen LogP contribution in [0.5, 0.6) is 0 Å². The van der Waals surface area contributed by atoms with Gasteiger partial charge in [-0.15, -0.1) is 0 Å². The molecule has 0 aliphatic rings. The number of unbranched alkanes of at least 4 members (excludes halogenated alkanes) is 4. The molecular formula is C11H18N3+. The summed E-state index contributed by atoms with van der Waals surface area (Å²) < 4.78 is 4.25. The van der Waals surface area contributed by atoms with E-state index in [1.165, 1.54) is 19.3 Å². The van der Waals surface area contributed by atoms with Crippen LogP contribution in [0.15, 0.2) is 18.7 Å². The Morgan fingerprint density at radius 1 is 1.29 bits per heavy atom. The van der Waals surface area contributed by atoms with Crippen molar-refractivity contribution >= 4 is 0 Å². The monoisotopic (exact) mass is 192 g/mol. The van der Waals surface area contributed by atoms with Crippen LogP contribution < -0.4 is 4.57 Å². The van der Waals surface area contributed by atoms with Gasteiger partial charge in [-0.2, -0.15) is 5.26 Å². The minimum Gasteiger partial charge on any atom is -0.240 e. The molecule has 3 nitrogen and oxygen atoms in total. The van der Waals surface area contributed by atoms with Crippen LogP contribution in [0, 0.1) is 11.3 Å². The second-order valence-electron chi connectivity index (χ2n) is 3.64. The number of nitrogens with zero attached hydrogens (tertiary/aromatic N) is 3. The zero-order valence-corrected chi connectivity index (χ0v) is 8.82. The van der Waals surface area contributed by atoms with E-state index in [2.05, 4.69) is 33.9 Å². The third-order valence-electron chi connectivity index (χ3n) is 2.28. The highest BCUT2D eigenvalue weighted by atomic mass is 15.1. The highest BCUT2D eigenvalue weighted by molar-refractivity contribution is 4.68. The predicted molar refractivity (Wildman–Crippen MR) is 54.3 cm³/mol. The van der Waals surface area contributed by atoms with E-state index >= 15 is 0 Å². The van der Waals surface area contributed by atoms with E-state index in [9.17, 15) is 0 Å². The highest BCUT2D eigenvalue weighted by Gasteiger charge is 1.98. The van der Waals surface area contributed by atoms with Gasteiger partial charge in [0.05, 0.1) is 19.7 Å². The Hall–Kier alpha value is -1.30. The number of aromatic nitrogens is 2. The average Bonchev–Trinajstić information content (AvgIpc) is 2.58. The van der Waals surface area contributed by atoms with Crippen molar-refractivity contribution in [3.8, 4) is 6.07 Å². The minimum absolute atomic E-state index is 0.707. The third-order valence-corrected chi connectivity index (χ3v) is 2.28. The van der Waals surface area contributed by atoms with Gasteiger partial charge in [0.1, 0.15) is 12.4 Å². The van der Waals surface area contributed by atoms with Crippen molar-refractivity contribution in [2.45, 2.75) is 38.6 Å². The molecule has 0 unspecified atom stereocenters. The van der Waals surface area contributed by atoms with Crippen molar-refractivity contribution in [2.24, 2.45) is 7.05 Å². The first-order chi connectivity index (χ1) is 6.83. The molecule has 1 heterocycles. The van der Waals surface area contributed by atoms with Gasteiger partial charge in [-0.05, 0) is 19.3 Å². The quantitative estimate of drug-likeness (QED) is 0.499. The maximum Gasteiger partial charge on any atom is 0.243 e. The zero-order valence-electron chi connectivity index (χ0n) is 8.82. The molecule has 1 aromatic heterocycles. The molecule has 0 N–H and O–H groups in total. The van der Waals surface area contributed by atoms with E-state index in [4.69, 9.17) is 5.26 Å². The standard InChI is InChI=1S/C11H18N3/c1-13-9-10-14(11-13)8-6-4-2-3-5-7-12/h9-11H,2-6,8H2,1H3/q+1. The summed E-state index contributed by atoms with van der Waals surface area (Å²) in [7, 11) is 2.03. The van der Waals surface area contributed by atoms with Crippen LogP contribution in [0.25, 0.3) is 0 Å². The fourth-order valence-electron chi connectivity index (χ4n) is 1.49. The Morgan fingerprint density at radius 2 is 2.07 bits per heavy atom. The van der Waals surface area contributed by atoms with Gasteiger partial charge in [-0.25, -0.2) is 9.13 Å². The van der Waals surface area contributed by atoms with Crippen molar-refractivity contribution in [1.82, 2.24) is 4.57 Å². The van der Waals surface area contributed by atoms with Gasteiger partial charge >= 0.3 is 0 Å². The molecule has 1 aromatic rings. The highest BCUT2D eigenvalue weighted by Crippen LogP contribution is 2.03. The molecule has 0 radical (unpaired) electrons. The van der Waals surface area contributed by atoms with Crippen LogP contribution in [0.4, 0.5) is 0 Å². The summed E-state index contributed by atoms with van der Waals surface area (Å²) in [4.78, 5) is 0. The van der Waals surface area contributed by atoms with Crippen LogP contribution in [-0.2, 0) is 13.6 Å². The predicted octanol–water partition coefficient (Wildman–Crippen LogP) is 1.79. The number of imidazole rings is 1. The molecule has 0 bridgehead atoms. The molecule has 76 valence electrons. The fourth-order valence-corrected chi connectivity index (χ4v) is 1.49. The number of hydrogen-bond acceptors (Lipinski definition) is 1. The Kier molecular flexibility index (Phi) is 4.77. The van der Waals surface area contributed by atoms with E-state index in [0.29, 0.717) is 6.42 Å². The Bertz CT molecular complexity index is 296. The van der Waals surface area contributed by atoms with Crippen molar-refractivity contribution in [1.29, 1.82) is 5.26 Å². The molecule has 0 amide bonds. The number of rotatable bonds is 6. The molecule has 0 aliphatic heterocycles. The van der Waals surface area contributed by atoms with Gasteiger partial charge in [0.15, 0.2) is 0 Å². The lowest BCUT2D eigenvalue weighted by Crippen LogP contribution is -2.23. The summed E-state index contributed by atoms with van der Waals surface area (Å²) in [6.45, 7) is 1.09. The molecule has 0 atom stereocenters. The first kappa shape index (κ1) is 10.8. The number of hydrogen-bond donors (Lipinski definition) is 0. The van der Waals surface area contributed by atoms with Crippen LogP contribution in [-0.4, -0.2) is 4.57 Å². The summed E-state index contributed by atoms with van der Waals surface area (Å²) in [5, 5.41) is 8.35. The normalized spacial score (nSPS) is 10.0. The van der Waals surface area contributed by atoms with E-state index in [1.807, 2.05) is 7.05 Å². The van der Waals surface area contributed by atoms with Gasteiger partial charge in [0.2, 0.25) is 6.33 Å². The molecule has 0 aliphatic carbocycles. The van der Waals surface area contributed by atoms with E-state index in [-0.39, 0.29) is 0 Å². The lowest BCUT2D eigenvalue weighted by atomic mass is 10.1. The van der Waals surface area contributed by atoms with Crippen LogP contribution >= 0.6 is 0 Å². The Morgan fingerprint density at radius 3 is 2.71 bits per heavy atom. The molecule has 0 saturated heterocycles. The maximum absolute atomic E-state index is 8.35. The molecule has 3 heteroatoms. The summed E-state index contributed by atoms with van der Waals surface area (Å²) in [6, 6.07) is 2.17. The summed E-state index contributed by atoms with van der Waals surface area (Å²) in [5.74, 6) is 0. The molecule has 0 aromatic carbocycles. The number of aryl methyl sites for hydroxylation is 2. The van der Waals surface area contributed by atoms with Crippen molar-refractivity contribution < 1.29 is 4.57 Å². The van der Waals surface area contributed by atoms with Crippen LogP contribution in [0.2, 0.25) is 0 Å². The van der Waals surface area contributed by atoms with Crippen LogP contribution in [0.1, 0.15) is 32.1 Å². The number of nitriles is 1. The van der Waals surface area contributed by atoms with Gasteiger partial charge < -0.3 is 0 Å². The second kappa shape index (κ2) is 6.20. The largest absolute Gasteiger partial charge is 0.243 e. The summed E-state index contributed by atoms with van der Waals surface area (Å²) in [5.41, 5.74) is 0. The Balaban J connectivity index is 2.02. The van der Waals surface area contributed by atoms with Crippen molar-refractivity contribution in [2.75, 3.05) is 0 Å². The topological polar surface area (TPSA) is 32.6 Å². The minimum atomic E-state index is 0.707. The molecule has 1 rings (SSSR count). The van der Waals surface area contributed by atoms with Gasteiger partial charge in [0, 0.05) is 6.42 Å².